The Morgan fingerprint density at radius 1 is 1.53 bits per heavy atom. The first-order chi connectivity index (χ1) is 8.90. The third-order valence-corrected chi connectivity index (χ3v) is 3.51. The molecule has 0 aliphatic heterocycles. The largest absolute Gasteiger partial charge is 0.310 e. The molecule has 0 radical (unpaired) electrons. The van der Waals surface area contributed by atoms with Gasteiger partial charge < -0.3 is 5.32 Å². The van der Waals surface area contributed by atoms with E-state index in [9.17, 15) is 18.7 Å². The molecule has 2 unspecified atom stereocenters. The van der Waals surface area contributed by atoms with Crippen LogP contribution in [0.5, 0.6) is 0 Å². The highest BCUT2D eigenvalue weighted by Crippen LogP contribution is 2.17. The van der Waals surface area contributed by atoms with Gasteiger partial charge in [-0.25, -0.2) is 0 Å². The van der Waals surface area contributed by atoms with Crippen molar-refractivity contribution in [2.24, 2.45) is 0 Å². The van der Waals surface area contributed by atoms with E-state index in [1.54, 1.807) is 6.26 Å². The molecule has 2 atom stereocenters. The fraction of sp³-hybridized carbons (Fsp3) is 0.500. The van der Waals surface area contributed by atoms with E-state index in [-0.39, 0.29) is 6.04 Å². The van der Waals surface area contributed by atoms with Crippen molar-refractivity contribution >= 4 is 16.5 Å². The molecule has 1 aromatic rings. The smallest absolute Gasteiger partial charge is 0.304 e. The number of nitrogens with zero attached hydrogens (tertiary/aromatic N) is 1. The van der Waals surface area contributed by atoms with Gasteiger partial charge in [-0.1, -0.05) is 6.07 Å². The van der Waals surface area contributed by atoms with Crippen molar-refractivity contribution in [3.05, 3.63) is 39.7 Å². The maximum Gasteiger partial charge on any atom is 0.304 e. The second kappa shape index (κ2) is 7.30. The Morgan fingerprint density at radius 3 is 2.74 bits per heavy atom. The lowest BCUT2D eigenvalue weighted by molar-refractivity contribution is -0.387. The summed E-state index contributed by atoms with van der Waals surface area (Å²) in [4.78, 5) is 9.72. The lowest BCUT2D eigenvalue weighted by Gasteiger charge is -2.13. The average Bonchev–Trinajstić information content (AvgIpc) is 2.33. The van der Waals surface area contributed by atoms with Gasteiger partial charge in [-0.2, -0.15) is 4.39 Å². The molecule has 0 saturated carbocycles. The molecule has 0 aliphatic rings. The van der Waals surface area contributed by atoms with Gasteiger partial charge in [0, 0.05) is 41.5 Å². The van der Waals surface area contributed by atoms with Crippen LogP contribution in [0.1, 0.15) is 18.9 Å². The SMILES string of the molecule is CC(CCS(C)=O)NCc1ccc([N+](=O)[O-])c(F)c1. The van der Waals surface area contributed by atoms with E-state index in [4.69, 9.17) is 0 Å². The highest BCUT2D eigenvalue weighted by atomic mass is 32.2. The van der Waals surface area contributed by atoms with Crippen LogP contribution in [-0.2, 0) is 17.3 Å². The molecule has 0 amide bonds. The number of nitrogens with one attached hydrogen (secondary N) is 1. The molecule has 7 heteroatoms. The molecule has 1 aromatic carbocycles. The van der Waals surface area contributed by atoms with Crippen LogP contribution in [0.3, 0.4) is 0 Å². The maximum absolute atomic E-state index is 13.4. The zero-order valence-corrected chi connectivity index (χ0v) is 11.7. The monoisotopic (exact) mass is 288 g/mol. The summed E-state index contributed by atoms with van der Waals surface area (Å²) < 4.78 is 24.3. The van der Waals surface area contributed by atoms with E-state index >= 15 is 0 Å². The van der Waals surface area contributed by atoms with E-state index in [1.165, 1.54) is 6.07 Å². The summed E-state index contributed by atoms with van der Waals surface area (Å²) in [6.45, 7) is 2.38. The number of hydrogen-bond donors (Lipinski definition) is 1. The van der Waals surface area contributed by atoms with Crippen LogP contribution < -0.4 is 5.32 Å². The number of benzene rings is 1. The highest BCUT2D eigenvalue weighted by Gasteiger charge is 2.13. The van der Waals surface area contributed by atoms with Crippen LogP contribution in [0.2, 0.25) is 0 Å². The molecule has 106 valence electrons. The van der Waals surface area contributed by atoms with Gasteiger partial charge in [0.2, 0.25) is 5.82 Å². The van der Waals surface area contributed by atoms with Crippen LogP contribution in [0, 0.1) is 15.9 Å². The molecular weight excluding hydrogens is 271 g/mol. The predicted molar refractivity (Wildman–Crippen MR) is 72.9 cm³/mol. The van der Waals surface area contributed by atoms with Crippen molar-refractivity contribution in [2.45, 2.75) is 25.9 Å². The minimum atomic E-state index is -0.827. The minimum Gasteiger partial charge on any atom is -0.310 e. The van der Waals surface area contributed by atoms with Gasteiger partial charge in [0.25, 0.3) is 0 Å². The van der Waals surface area contributed by atoms with Gasteiger partial charge in [0.05, 0.1) is 4.92 Å². The summed E-state index contributed by atoms with van der Waals surface area (Å²) >= 11 is 0. The van der Waals surface area contributed by atoms with Crippen LogP contribution in [0.25, 0.3) is 0 Å². The Hall–Kier alpha value is -1.34. The van der Waals surface area contributed by atoms with E-state index in [0.29, 0.717) is 17.9 Å². The quantitative estimate of drug-likeness (QED) is 0.615. The second-order valence-electron chi connectivity index (χ2n) is 4.39. The Kier molecular flexibility index (Phi) is 6.04. The summed E-state index contributed by atoms with van der Waals surface area (Å²) in [5.74, 6) is -0.213. The van der Waals surface area contributed by atoms with Crippen molar-refractivity contribution in [3.8, 4) is 0 Å². The number of nitro benzene ring substituents is 1. The van der Waals surface area contributed by atoms with E-state index in [2.05, 4.69) is 5.32 Å². The molecule has 0 aromatic heterocycles. The Bertz CT molecular complexity index is 482. The summed E-state index contributed by atoms with van der Waals surface area (Å²) in [5, 5.41) is 13.6. The second-order valence-corrected chi connectivity index (χ2v) is 5.95. The first-order valence-corrected chi connectivity index (χ1v) is 7.59. The third-order valence-electron chi connectivity index (χ3n) is 2.70. The van der Waals surface area contributed by atoms with E-state index in [1.807, 2.05) is 6.92 Å². The zero-order chi connectivity index (χ0) is 14.4. The molecular formula is C12H17FN2O3S. The Balaban J connectivity index is 2.52. The molecule has 19 heavy (non-hydrogen) atoms. The molecule has 0 heterocycles. The predicted octanol–water partition coefficient (Wildman–Crippen LogP) is 1.98. The number of nitro groups is 1. The lowest BCUT2D eigenvalue weighted by atomic mass is 10.1. The fourth-order valence-electron chi connectivity index (χ4n) is 1.55. The number of hydrogen-bond acceptors (Lipinski definition) is 4. The molecule has 5 nitrogen and oxygen atoms in total. The molecule has 1 rings (SSSR count). The molecule has 0 aliphatic carbocycles. The summed E-state index contributed by atoms with van der Waals surface area (Å²) in [6.07, 6.45) is 2.41. The molecule has 1 N–H and O–H groups in total. The van der Waals surface area contributed by atoms with Crippen molar-refractivity contribution in [1.82, 2.24) is 5.32 Å². The third kappa shape index (κ3) is 5.44. The topological polar surface area (TPSA) is 72.2 Å². The summed E-state index contributed by atoms with van der Waals surface area (Å²) in [5.41, 5.74) is 0.130. The van der Waals surface area contributed by atoms with Crippen LogP contribution >= 0.6 is 0 Å². The highest BCUT2D eigenvalue weighted by molar-refractivity contribution is 7.84. The van der Waals surface area contributed by atoms with Crippen LogP contribution in [-0.4, -0.2) is 27.2 Å². The lowest BCUT2D eigenvalue weighted by Crippen LogP contribution is -2.27. The van der Waals surface area contributed by atoms with Gasteiger partial charge in [0.15, 0.2) is 0 Å². The summed E-state index contributed by atoms with van der Waals surface area (Å²) in [7, 11) is -0.821. The standard InChI is InChI=1S/C12H17FN2O3S/c1-9(5-6-19(2)18)14-8-10-3-4-12(15(16)17)11(13)7-10/h3-4,7,9,14H,5-6,8H2,1-2H3. The zero-order valence-electron chi connectivity index (χ0n) is 10.9. The van der Waals surface area contributed by atoms with Gasteiger partial charge >= 0.3 is 5.69 Å². The normalized spacial score (nSPS) is 14.1. The fourth-order valence-corrected chi connectivity index (χ4v) is 2.23. The molecule has 0 spiro atoms. The maximum atomic E-state index is 13.4. The Labute approximate surface area is 113 Å². The van der Waals surface area contributed by atoms with Gasteiger partial charge in [0.1, 0.15) is 0 Å². The molecule has 0 saturated heterocycles. The molecule has 0 fully saturated rings. The van der Waals surface area contributed by atoms with Gasteiger partial charge in [-0.05, 0) is 25.0 Å². The van der Waals surface area contributed by atoms with Gasteiger partial charge in [-0.15, -0.1) is 0 Å². The van der Waals surface area contributed by atoms with Crippen LogP contribution in [0.15, 0.2) is 18.2 Å². The van der Waals surface area contributed by atoms with Crippen LogP contribution in [0.4, 0.5) is 10.1 Å². The molecule has 0 bridgehead atoms. The first-order valence-electron chi connectivity index (χ1n) is 5.86. The Morgan fingerprint density at radius 2 is 2.21 bits per heavy atom. The average molecular weight is 288 g/mol. The first kappa shape index (κ1) is 15.7. The van der Waals surface area contributed by atoms with E-state index < -0.39 is 27.2 Å². The minimum absolute atomic E-state index is 0.155. The van der Waals surface area contributed by atoms with Gasteiger partial charge in [-0.3, -0.25) is 14.3 Å². The van der Waals surface area contributed by atoms with Crippen molar-refractivity contribution in [1.29, 1.82) is 0 Å². The number of halogens is 1. The summed E-state index contributed by atoms with van der Waals surface area (Å²) in [6, 6.07) is 4.01. The van der Waals surface area contributed by atoms with Crippen molar-refractivity contribution in [2.75, 3.05) is 12.0 Å². The van der Waals surface area contributed by atoms with Crippen molar-refractivity contribution < 1.29 is 13.5 Å². The van der Waals surface area contributed by atoms with E-state index in [0.717, 1.165) is 18.6 Å². The number of rotatable bonds is 7. The van der Waals surface area contributed by atoms with Crippen molar-refractivity contribution in [3.63, 3.8) is 0 Å².